The Kier molecular flexibility index (Phi) is 4.88. The Labute approximate surface area is 149 Å². The quantitative estimate of drug-likeness (QED) is 0.931. The number of carbonyl (C=O) groups excluding carboxylic acids is 1. The van der Waals surface area contributed by atoms with Crippen molar-refractivity contribution in [2.45, 2.75) is 38.3 Å². The summed E-state index contributed by atoms with van der Waals surface area (Å²) in [5.41, 5.74) is 2.41. The number of fused-ring (bicyclic) bond motifs is 1. The van der Waals surface area contributed by atoms with Crippen LogP contribution >= 0.6 is 0 Å². The second kappa shape index (κ2) is 7.44. The van der Waals surface area contributed by atoms with Crippen molar-refractivity contribution in [2.75, 3.05) is 19.6 Å². The molecule has 2 saturated heterocycles. The maximum absolute atomic E-state index is 12.6. The van der Waals surface area contributed by atoms with Gasteiger partial charge in [0, 0.05) is 37.6 Å². The minimum Gasteiger partial charge on any atom is -0.365 e. The Balaban J connectivity index is 1.37. The van der Waals surface area contributed by atoms with E-state index in [1.807, 2.05) is 18.3 Å². The van der Waals surface area contributed by atoms with Crippen molar-refractivity contribution in [3.8, 4) is 0 Å². The molecule has 0 aliphatic carbocycles. The lowest BCUT2D eigenvalue weighted by Gasteiger charge is -2.47. The zero-order valence-corrected chi connectivity index (χ0v) is 14.7. The van der Waals surface area contributed by atoms with Gasteiger partial charge in [0.1, 0.15) is 0 Å². The van der Waals surface area contributed by atoms with E-state index in [0.29, 0.717) is 18.4 Å². The minimum absolute atomic E-state index is 0.265. The molecule has 2 atom stereocenters. The van der Waals surface area contributed by atoms with Crippen LogP contribution < -0.4 is 0 Å². The SMILES string of the molecule is O=C(Cc1ccc[nH]1)N1CCC2C(CCCN2Cc2ccccc2)C1. The highest BCUT2D eigenvalue weighted by Gasteiger charge is 2.37. The average Bonchev–Trinajstić information content (AvgIpc) is 3.15. The van der Waals surface area contributed by atoms with Crippen molar-refractivity contribution in [1.82, 2.24) is 14.8 Å². The van der Waals surface area contributed by atoms with Crippen LogP contribution in [0.2, 0.25) is 0 Å². The summed E-state index contributed by atoms with van der Waals surface area (Å²) in [5.74, 6) is 0.889. The second-order valence-corrected chi connectivity index (χ2v) is 7.43. The molecule has 3 heterocycles. The zero-order valence-electron chi connectivity index (χ0n) is 14.7. The van der Waals surface area contributed by atoms with Crippen LogP contribution in [-0.4, -0.2) is 46.4 Å². The van der Waals surface area contributed by atoms with E-state index in [0.717, 1.165) is 31.7 Å². The summed E-state index contributed by atoms with van der Waals surface area (Å²) in [6.07, 6.45) is 5.98. The molecule has 2 aliphatic heterocycles. The summed E-state index contributed by atoms with van der Waals surface area (Å²) in [6, 6.07) is 15.3. The first-order valence-corrected chi connectivity index (χ1v) is 9.47. The fourth-order valence-corrected chi connectivity index (χ4v) is 4.50. The molecule has 2 aromatic rings. The molecule has 0 bridgehead atoms. The van der Waals surface area contributed by atoms with Crippen molar-refractivity contribution in [1.29, 1.82) is 0 Å². The first-order chi connectivity index (χ1) is 12.3. The smallest absolute Gasteiger partial charge is 0.228 e. The van der Waals surface area contributed by atoms with E-state index in [1.165, 1.54) is 24.9 Å². The molecule has 1 aromatic carbocycles. The predicted octanol–water partition coefficient (Wildman–Crippen LogP) is 3.07. The number of hydrogen-bond donors (Lipinski definition) is 1. The van der Waals surface area contributed by atoms with Gasteiger partial charge in [0.25, 0.3) is 0 Å². The van der Waals surface area contributed by atoms with Crippen LogP contribution in [0.5, 0.6) is 0 Å². The van der Waals surface area contributed by atoms with Crippen molar-refractivity contribution >= 4 is 5.91 Å². The van der Waals surface area contributed by atoms with Gasteiger partial charge in [-0.1, -0.05) is 30.3 Å². The van der Waals surface area contributed by atoms with E-state index in [2.05, 4.69) is 45.1 Å². The molecule has 25 heavy (non-hydrogen) atoms. The van der Waals surface area contributed by atoms with Crippen LogP contribution in [0.4, 0.5) is 0 Å². The summed E-state index contributed by atoms with van der Waals surface area (Å²) >= 11 is 0. The summed E-state index contributed by atoms with van der Waals surface area (Å²) in [6.45, 7) is 4.05. The molecule has 4 nitrogen and oxygen atoms in total. The van der Waals surface area contributed by atoms with Gasteiger partial charge in [-0.2, -0.15) is 0 Å². The largest absolute Gasteiger partial charge is 0.365 e. The van der Waals surface area contributed by atoms with Gasteiger partial charge in [-0.05, 0) is 49.4 Å². The van der Waals surface area contributed by atoms with Crippen LogP contribution in [0, 0.1) is 5.92 Å². The Morgan fingerprint density at radius 1 is 1.08 bits per heavy atom. The molecular weight excluding hydrogens is 310 g/mol. The average molecular weight is 337 g/mol. The van der Waals surface area contributed by atoms with Crippen LogP contribution in [0.1, 0.15) is 30.5 Å². The maximum atomic E-state index is 12.6. The molecule has 4 rings (SSSR count). The van der Waals surface area contributed by atoms with Gasteiger partial charge in [0.15, 0.2) is 0 Å². The lowest BCUT2D eigenvalue weighted by molar-refractivity contribution is -0.134. The first-order valence-electron chi connectivity index (χ1n) is 9.47. The molecule has 1 amide bonds. The maximum Gasteiger partial charge on any atom is 0.228 e. The minimum atomic E-state index is 0.265. The fraction of sp³-hybridized carbons (Fsp3) is 0.476. The Morgan fingerprint density at radius 3 is 2.76 bits per heavy atom. The van der Waals surface area contributed by atoms with E-state index in [4.69, 9.17) is 0 Å². The van der Waals surface area contributed by atoms with Crippen LogP contribution in [-0.2, 0) is 17.8 Å². The van der Waals surface area contributed by atoms with Crippen LogP contribution in [0.3, 0.4) is 0 Å². The zero-order chi connectivity index (χ0) is 17.1. The number of H-pyrrole nitrogens is 1. The summed E-state index contributed by atoms with van der Waals surface area (Å²) in [4.78, 5) is 20.5. The number of rotatable bonds is 4. The molecule has 2 aliphatic rings. The summed E-state index contributed by atoms with van der Waals surface area (Å²) in [7, 11) is 0. The van der Waals surface area contributed by atoms with E-state index >= 15 is 0 Å². The number of piperidine rings is 2. The van der Waals surface area contributed by atoms with Gasteiger partial charge in [0.05, 0.1) is 6.42 Å². The van der Waals surface area contributed by atoms with Gasteiger partial charge in [0.2, 0.25) is 5.91 Å². The molecular formula is C21H27N3O. The number of amides is 1. The third-order valence-electron chi connectivity index (χ3n) is 5.77. The van der Waals surface area contributed by atoms with E-state index < -0.39 is 0 Å². The highest BCUT2D eigenvalue weighted by Crippen LogP contribution is 2.31. The number of likely N-dealkylation sites (tertiary alicyclic amines) is 2. The third kappa shape index (κ3) is 3.79. The predicted molar refractivity (Wildman–Crippen MR) is 99.1 cm³/mol. The molecule has 132 valence electrons. The molecule has 0 radical (unpaired) electrons. The number of nitrogens with one attached hydrogen (secondary N) is 1. The highest BCUT2D eigenvalue weighted by molar-refractivity contribution is 5.78. The number of hydrogen-bond acceptors (Lipinski definition) is 2. The van der Waals surface area contributed by atoms with Gasteiger partial charge in [-0.3, -0.25) is 9.69 Å². The van der Waals surface area contributed by atoms with Crippen molar-refractivity contribution in [3.05, 3.63) is 59.9 Å². The van der Waals surface area contributed by atoms with E-state index in [9.17, 15) is 4.79 Å². The molecule has 1 N–H and O–H groups in total. The highest BCUT2D eigenvalue weighted by atomic mass is 16.2. The molecule has 1 aromatic heterocycles. The molecule has 0 spiro atoms. The van der Waals surface area contributed by atoms with Gasteiger partial charge < -0.3 is 9.88 Å². The molecule has 2 unspecified atom stereocenters. The summed E-state index contributed by atoms with van der Waals surface area (Å²) in [5, 5.41) is 0. The molecule has 4 heteroatoms. The lowest BCUT2D eigenvalue weighted by Crippen LogP contribution is -2.55. The van der Waals surface area contributed by atoms with Crippen molar-refractivity contribution < 1.29 is 4.79 Å². The van der Waals surface area contributed by atoms with Crippen LogP contribution in [0.15, 0.2) is 48.7 Å². The molecule has 0 saturated carbocycles. The Bertz CT molecular complexity index is 682. The third-order valence-corrected chi connectivity index (χ3v) is 5.77. The standard InChI is InChI=1S/C21H27N3O/c25-21(14-19-9-4-11-22-19)24-13-10-20-18(16-24)8-5-12-23(20)15-17-6-2-1-3-7-17/h1-4,6-7,9,11,18,20,22H,5,8,10,12-16H2. The number of carbonyl (C=O) groups is 1. The number of benzene rings is 1. The lowest BCUT2D eigenvalue weighted by atomic mass is 9.83. The topological polar surface area (TPSA) is 39.3 Å². The van der Waals surface area contributed by atoms with E-state index in [1.54, 1.807) is 0 Å². The fourth-order valence-electron chi connectivity index (χ4n) is 4.50. The normalized spacial score (nSPS) is 24.1. The number of aromatic amines is 1. The second-order valence-electron chi connectivity index (χ2n) is 7.43. The van der Waals surface area contributed by atoms with Crippen molar-refractivity contribution in [3.63, 3.8) is 0 Å². The van der Waals surface area contributed by atoms with Gasteiger partial charge in [-0.25, -0.2) is 0 Å². The van der Waals surface area contributed by atoms with Gasteiger partial charge in [-0.15, -0.1) is 0 Å². The monoisotopic (exact) mass is 337 g/mol. The molecule has 2 fully saturated rings. The van der Waals surface area contributed by atoms with Crippen molar-refractivity contribution in [2.24, 2.45) is 5.92 Å². The van der Waals surface area contributed by atoms with Crippen LogP contribution in [0.25, 0.3) is 0 Å². The van der Waals surface area contributed by atoms with E-state index in [-0.39, 0.29) is 5.91 Å². The summed E-state index contributed by atoms with van der Waals surface area (Å²) < 4.78 is 0. The first kappa shape index (κ1) is 16.4. The Hall–Kier alpha value is -2.07. The Morgan fingerprint density at radius 2 is 1.96 bits per heavy atom. The van der Waals surface area contributed by atoms with Gasteiger partial charge >= 0.3 is 0 Å². The number of aromatic nitrogens is 1. The number of nitrogens with zero attached hydrogens (tertiary/aromatic N) is 2.